The van der Waals surface area contributed by atoms with Gasteiger partial charge in [0.2, 0.25) is 0 Å². The number of nitrogens with one attached hydrogen (secondary N) is 2. The van der Waals surface area contributed by atoms with Gasteiger partial charge in [0.1, 0.15) is 23.5 Å². The Balaban J connectivity index is 1.55. The summed E-state index contributed by atoms with van der Waals surface area (Å²) in [6, 6.07) is 6.59. The number of nitrogens with zero attached hydrogens (tertiary/aromatic N) is 4. The van der Waals surface area contributed by atoms with E-state index in [1.54, 1.807) is 37.5 Å². The molecule has 2 aliphatic heterocycles. The van der Waals surface area contributed by atoms with Gasteiger partial charge in [0, 0.05) is 43.9 Å². The summed E-state index contributed by atoms with van der Waals surface area (Å²) in [5.74, 6) is -2.01. The molecule has 3 heterocycles. The molecule has 2 saturated heterocycles. The first-order valence-corrected chi connectivity index (χ1v) is 19.5. The van der Waals surface area contributed by atoms with Crippen molar-refractivity contribution in [1.29, 1.82) is 0 Å². The zero-order chi connectivity index (χ0) is 39.3. The lowest BCUT2D eigenvalue weighted by Crippen LogP contribution is -2.61. The molecule has 2 aromatic rings. The van der Waals surface area contributed by atoms with Crippen LogP contribution in [0.15, 0.2) is 30.5 Å². The van der Waals surface area contributed by atoms with Gasteiger partial charge in [-0.25, -0.2) is 4.79 Å². The molecular formula is C39H61N7O8. The number of nitrogens with two attached hydrogens (primary N) is 1. The fraction of sp³-hybridized carbons (Fsp3) is 0.692. The van der Waals surface area contributed by atoms with Crippen LogP contribution in [0.1, 0.15) is 86.0 Å². The minimum Gasteiger partial charge on any atom is -0.465 e. The van der Waals surface area contributed by atoms with Crippen molar-refractivity contribution in [2.75, 3.05) is 45.6 Å². The number of methoxy groups -OCH3 is 1. The predicted molar refractivity (Wildman–Crippen MR) is 203 cm³/mol. The van der Waals surface area contributed by atoms with E-state index in [0.717, 1.165) is 24.1 Å². The molecule has 1 aromatic heterocycles. The number of ether oxygens (including phenoxy) is 4. The van der Waals surface area contributed by atoms with Gasteiger partial charge in [-0.15, -0.1) is 5.10 Å². The van der Waals surface area contributed by atoms with Crippen LogP contribution < -0.4 is 16.4 Å². The van der Waals surface area contributed by atoms with Gasteiger partial charge in [0.05, 0.1) is 31.5 Å². The van der Waals surface area contributed by atoms with E-state index >= 15 is 0 Å². The normalized spacial score (nSPS) is 27.1. The second-order valence-electron chi connectivity index (χ2n) is 14.9. The first-order valence-electron chi connectivity index (χ1n) is 19.5. The molecule has 15 heteroatoms. The van der Waals surface area contributed by atoms with Crippen molar-refractivity contribution in [1.82, 2.24) is 30.5 Å². The third-order valence-corrected chi connectivity index (χ3v) is 10.6. The fourth-order valence-electron chi connectivity index (χ4n) is 7.16. The molecule has 300 valence electrons. The SMILES string of the molecule is CCCCOC(=O)CNCC[C@H]1NC[C@H](C)C[C@@H](OC)CCC(=O)[C@@H](C)C(=O)O[C@H](C)[C@@]2(C)OC(=O)N(CCCCn3cc(-c4cccc(N)c4)nn3)[C@H]12. The third-order valence-electron chi connectivity index (χ3n) is 10.6. The number of unbranched alkanes of at least 4 members (excludes halogenated alkanes) is 2. The number of hydrogen-bond donors (Lipinski definition) is 3. The minimum atomic E-state index is -1.26. The quantitative estimate of drug-likeness (QED) is 0.0774. The van der Waals surface area contributed by atoms with Crippen molar-refractivity contribution in [3.8, 4) is 11.3 Å². The minimum absolute atomic E-state index is 0.0605. The van der Waals surface area contributed by atoms with E-state index in [4.69, 9.17) is 24.7 Å². The Morgan fingerprint density at radius 3 is 2.67 bits per heavy atom. The van der Waals surface area contributed by atoms with Crippen LogP contribution in [0.2, 0.25) is 0 Å². The summed E-state index contributed by atoms with van der Waals surface area (Å²) in [4.78, 5) is 54.3. The lowest BCUT2D eigenvalue weighted by Gasteiger charge is -2.41. The van der Waals surface area contributed by atoms with Gasteiger partial charge in [-0.2, -0.15) is 0 Å². The maximum atomic E-state index is 13.8. The summed E-state index contributed by atoms with van der Waals surface area (Å²) in [5.41, 5.74) is 6.94. The standard InChI is InChI=1S/C39H61N7O8/c1-7-8-20-52-35(48)24-41-17-16-32-36-39(5,28(4)53-37(49)27(3)34(47)15-14-31(51-6)21-26(2)23-42-32)54-38(50)46(36)19-10-9-18-45-25-33(43-44-45)29-12-11-13-30(40)22-29/h11-13,22,25-28,31-32,36,41-42H,7-10,14-21,23-24,40H2,1-6H3/t26-,27-,28-,31+,32-,36-,39-/m1/s1. The van der Waals surface area contributed by atoms with E-state index in [1.165, 1.54) is 0 Å². The number of amides is 1. The van der Waals surface area contributed by atoms with Crippen molar-refractivity contribution < 1.29 is 38.1 Å². The van der Waals surface area contributed by atoms with Crippen molar-refractivity contribution >= 4 is 29.5 Å². The topological polar surface area (TPSA) is 189 Å². The number of fused-ring (bicyclic) bond motifs is 1. The maximum Gasteiger partial charge on any atom is 0.410 e. The van der Waals surface area contributed by atoms with Gasteiger partial charge in [0.25, 0.3) is 0 Å². The molecule has 2 fully saturated rings. The Bertz CT molecular complexity index is 1540. The van der Waals surface area contributed by atoms with Gasteiger partial charge in [-0.05, 0) is 90.4 Å². The predicted octanol–water partition coefficient (Wildman–Crippen LogP) is 4.14. The number of cyclic esters (lactones) is 1. The van der Waals surface area contributed by atoms with E-state index in [9.17, 15) is 19.2 Å². The number of aromatic nitrogens is 3. The average Bonchev–Trinajstić information content (AvgIpc) is 3.72. The number of esters is 2. The molecule has 0 spiro atoms. The molecule has 0 radical (unpaired) electrons. The Kier molecular flexibility index (Phi) is 16.2. The summed E-state index contributed by atoms with van der Waals surface area (Å²) in [6.07, 6.45) is 5.32. The fourth-order valence-corrected chi connectivity index (χ4v) is 7.16. The Morgan fingerprint density at radius 1 is 1.15 bits per heavy atom. The lowest BCUT2D eigenvalue weighted by molar-refractivity contribution is -0.167. The number of carbonyl (C=O) groups excluding carboxylic acids is 4. The molecule has 0 saturated carbocycles. The number of aryl methyl sites for hydroxylation is 1. The number of ketones is 1. The van der Waals surface area contributed by atoms with Crippen molar-refractivity contribution in [2.45, 2.75) is 122 Å². The zero-order valence-electron chi connectivity index (χ0n) is 32.9. The first-order chi connectivity index (χ1) is 25.9. The van der Waals surface area contributed by atoms with E-state index in [1.807, 2.05) is 37.4 Å². The molecule has 4 N–H and O–H groups in total. The first kappa shape index (κ1) is 42.7. The largest absolute Gasteiger partial charge is 0.465 e. The van der Waals surface area contributed by atoms with Crippen LogP contribution in [0.25, 0.3) is 11.3 Å². The summed E-state index contributed by atoms with van der Waals surface area (Å²) < 4.78 is 24.9. The lowest BCUT2D eigenvalue weighted by atomic mass is 9.83. The third kappa shape index (κ3) is 11.7. The summed E-state index contributed by atoms with van der Waals surface area (Å²) in [6.45, 7) is 11.7. The smallest absolute Gasteiger partial charge is 0.410 e. The average molecular weight is 756 g/mol. The molecule has 0 bridgehead atoms. The summed E-state index contributed by atoms with van der Waals surface area (Å²) in [7, 11) is 1.64. The van der Waals surface area contributed by atoms with Crippen LogP contribution in [-0.4, -0.2) is 113 Å². The van der Waals surface area contributed by atoms with Crippen molar-refractivity contribution in [3.05, 3.63) is 30.5 Å². The zero-order valence-corrected chi connectivity index (χ0v) is 32.9. The van der Waals surface area contributed by atoms with E-state index < -0.39 is 35.7 Å². The number of Topliss-reactive ketones (excluding diaryl/α,β-unsaturated/α-hetero) is 1. The van der Waals surface area contributed by atoms with Crippen LogP contribution in [0.3, 0.4) is 0 Å². The number of nitrogen functional groups attached to an aromatic ring is 1. The van der Waals surface area contributed by atoms with Crippen molar-refractivity contribution in [2.24, 2.45) is 11.8 Å². The molecule has 4 rings (SSSR count). The summed E-state index contributed by atoms with van der Waals surface area (Å²) >= 11 is 0. The number of anilines is 1. The second-order valence-corrected chi connectivity index (χ2v) is 14.9. The van der Waals surface area contributed by atoms with Crippen molar-refractivity contribution in [3.63, 3.8) is 0 Å². The summed E-state index contributed by atoms with van der Waals surface area (Å²) in [5, 5.41) is 15.5. The highest BCUT2D eigenvalue weighted by atomic mass is 16.6. The molecule has 1 amide bonds. The second kappa shape index (κ2) is 20.6. The number of hydrogen-bond acceptors (Lipinski definition) is 13. The van der Waals surface area contributed by atoms with E-state index in [2.05, 4.69) is 27.9 Å². The highest BCUT2D eigenvalue weighted by Crippen LogP contribution is 2.38. The molecule has 1 aromatic carbocycles. The Labute approximate surface area is 319 Å². The number of carbonyl (C=O) groups is 4. The molecule has 0 aliphatic carbocycles. The van der Waals surface area contributed by atoms with Crippen LogP contribution in [0.5, 0.6) is 0 Å². The molecular weight excluding hydrogens is 694 g/mol. The van der Waals surface area contributed by atoms with Gasteiger partial charge in [-0.3, -0.25) is 24.0 Å². The van der Waals surface area contributed by atoms with Gasteiger partial charge in [-0.1, -0.05) is 37.6 Å². The van der Waals surface area contributed by atoms with Gasteiger partial charge in [0.15, 0.2) is 5.60 Å². The van der Waals surface area contributed by atoms with Gasteiger partial charge >= 0.3 is 18.0 Å². The molecule has 54 heavy (non-hydrogen) atoms. The molecule has 2 aliphatic rings. The Hall–Kier alpha value is -4.08. The van der Waals surface area contributed by atoms with Crippen LogP contribution in [0, 0.1) is 11.8 Å². The van der Waals surface area contributed by atoms with E-state index in [-0.39, 0.29) is 42.8 Å². The molecule has 15 nitrogen and oxygen atoms in total. The van der Waals surface area contributed by atoms with Gasteiger partial charge < -0.3 is 35.3 Å². The monoisotopic (exact) mass is 755 g/mol. The molecule has 0 unspecified atom stereocenters. The van der Waals surface area contributed by atoms with E-state index in [0.29, 0.717) is 70.6 Å². The van der Waals surface area contributed by atoms with Crippen LogP contribution in [0.4, 0.5) is 10.5 Å². The maximum absolute atomic E-state index is 13.8. The number of benzene rings is 1. The van der Waals surface area contributed by atoms with Crippen LogP contribution in [-0.2, 0) is 39.9 Å². The highest BCUT2D eigenvalue weighted by molar-refractivity contribution is 5.98. The number of rotatable bonds is 15. The highest BCUT2D eigenvalue weighted by Gasteiger charge is 2.58. The van der Waals surface area contributed by atoms with Crippen LogP contribution >= 0.6 is 0 Å². The molecule has 7 atom stereocenters. The Morgan fingerprint density at radius 2 is 1.93 bits per heavy atom.